The SMILES string of the molecule is Oc1cc(O)c2ccc3c(O)cc(O)c4ccc1c2c43. The van der Waals surface area contributed by atoms with Gasteiger partial charge in [-0.15, -0.1) is 0 Å². The third-order valence-corrected chi connectivity index (χ3v) is 3.81. The van der Waals surface area contributed by atoms with E-state index in [9.17, 15) is 20.4 Å². The molecule has 0 bridgehead atoms. The van der Waals surface area contributed by atoms with E-state index in [1.807, 2.05) is 0 Å². The first-order valence-corrected chi connectivity index (χ1v) is 6.12. The van der Waals surface area contributed by atoms with Crippen molar-refractivity contribution in [2.24, 2.45) is 0 Å². The van der Waals surface area contributed by atoms with Gasteiger partial charge >= 0.3 is 0 Å². The van der Waals surface area contributed by atoms with Gasteiger partial charge in [0.2, 0.25) is 0 Å². The summed E-state index contributed by atoms with van der Waals surface area (Å²) in [6.07, 6.45) is 0. The van der Waals surface area contributed by atoms with Gasteiger partial charge in [0.1, 0.15) is 23.0 Å². The summed E-state index contributed by atoms with van der Waals surface area (Å²) in [5, 5.41) is 43.5. The molecule has 0 aliphatic rings. The molecule has 20 heavy (non-hydrogen) atoms. The van der Waals surface area contributed by atoms with E-state index in [0.29, 0.717) is 32.3 Å². The van der Waals surface area contributed by atoms with Gasteiger partial charge in [-0.2, -0.15) is 0 Å². The van der Waals surface area contributed by atoms with Crippen LogP contribution in [0.5, 0.6) is 23.0 Å². The Morgan fingerprint density at radius 3 is 0.950 bits per heavy atom. The highest BCUT2D eigenvalue weighted by Crippen LogP contribution is 2.46. The van der Waals surface area contributed by atoms with Crippen LogP contribution in [-0.4, -0.2) is 20.4 Å². The van der Waals surface area contributed by atoms with Crippen molar-refractivity contribution < 1.29 is 20.4 Å². The summed E-state index contributed by atoms with van der Waals surface area (Å²) in [5.74, 6) is -0.140. The fourth-order valence-corrected chi connectivity index (χ4v) is 2.92. The molecule has 4 aromatic rings. The Kier molecular flexibility index (Phi) is 1.85. The average molecular weight is 266 g/mol. The minimum atomic E-state index is -0.0350. The smallest absolute Gasteiger partial charge is 0.127 e. The molecule has 0 aliphatic heterocycles. The zero-order chi connectivity index (χ0) is 14.0. The standard InChI is InChI=1S/C16H10O4/c17-11-5-13(19)9-3-4-10-14(20)6-12(18)8-2-1-7(11)15(9)16(8)10/h1-6,17-20H. The van der Waals surface area contributed by atoms with Gasteiger partial charge in [-0.05, 0) is 24.3 Å². The molecule has 4 rings (SSSR count). The van der Waals surface area contributed by atoms with Crippen LogP contribution in [0.3, 0.4) is 0 Å². The molecule has 0 saturated heterocycles. The van der Waals surface area contributed by atoms with Crippen molar-refractivity contribution in [3.8, 4) is 23.0 Å². The first-order valence-electron chi connectivity index (χ1n) is 6.12. The molecule has 0 unspecified atom stereocenters. The number of phenols is 4. The van der Waals surface area contributed by atoms with Crippen LogP contribution in [0.4, 0.5) is 0 Å². The molecule has 0 fully saturated rings. The summed E-state index contributed by atoms with van der Waals surface area (Å²) in [7, 11) is 0. The molecule has 4 nitrogen and oxygen atoms in total. The predicted octanol–water partition coefficient (Wildman–Crippen LogP) is 3.41. The van der Waals surface area contributed by atoms with Crippen molar-refractivity contribution in [1.29, 1.82) is 0 Å². The molecule has 0 spiro atoms. The fourth-order valence-electron chi connectivity index (χ4n) is 2.92. The van der Waals surface area contributed by atoms with Gasteiger partial charge in [0.25, 0.3) is 0 Å². The zero-order valence-corrected chi connectivity index (χ0v) is 10.3. The lowest BCUT2D eigenvalue weighted by Gasteiger charge is -2.14. The normalized spacial score (nSPS) is 11.8. The van der Waals surface area contributed by atoms with Crippen LogP contribution in [0.15, 0.2) is 36.4 Å². The summed E-state index contributed by atoms with van der Waals surface area (Å²) in [6.45, 7) is 0. The molecule has 4 N–H and O–H groups in total. The summed E-state index contributed by atoms with van der Waals surface area (Å²) < 4.78 is 0. The van der Waals surface area contributed by atoms with E-state index in [1.165, 1.54) is 12.1 Å². The molecule has 0 radical (unpaired) electrons. The van der Waals surface area contributed by atoms with Crippen molar-refractivity contribution in [3.63, 3.8) is 0 Å². The van der Waals surface area contributed by atoms with Crippen LogP contribution in [0.25, 0.3) is 32.3 Å². The first kappa shape index (κ1) is 11.0. The van der Waals surface area contributed by atoms with Gasteiger partial charge in [-0.1, -0.05) is 0 Å². The van der Waals surface area contributed by atoms with Gasteiger partial charge in [0, 0.05) is 44.5 Å². The molecule has 0 saturated carbocycles. The van der Waals surface area contributed by atoms with E-state index >= 15 is 0 Å². The highest BCUT2D eigenvalue weighted by atomic mass is 16.3. The van der Waals surface area contributed by atoms with Gasteiger partial charge < -0.3 is 20.4 Å². The van der Waals surface area contributed by atoms with E-state index in [1.54, 1.807) is 24.3 Å². The van der Waals surface area contributed by atoms with E-state index in [-0.39, 0.29) is 23.0 Å². The fraction of sp³-hybridized carbons (Fsp3) is 0. The second-order valence-electron chi connectivity index (χ2n) is 4.90. The highest BCUT2D eigenvalue weighted by molar-refractivity contribution is 6.27. The Balaban J connectivity index is 2.47. The van der Waals surface area contributed by atoms with Crippen LogP contribution in [0, 0.1) is 0 Å². The quantitative estimate of drug-likeness (QED) is 0.368. The lowest BCUT2D eigenvalue weighted by molar-refractivity contribution is 0.456. The minimum Gasteiger partial charge on any atom is -0.507 e. The second-order valence-corrected chi connectivity index (χ2v) is 4.90. The minimum absolute atomic E-state index is 0.0350. The molecular formula is C16H10O4. The van der Waals surface area contributed by atoms with E-state index in [2.05, 4.69) is 0 Å². The molecule has 0 heterocycles. The van der Waals surface area contributed by atoms with Crippen LogP contribution in [0.2, 0.25) is 0 Å². The zero-order valence-electron chi connectivity index (χ0n) is 10.3. The van der Waals surface area contributed by atoms with E-state index < -0.39 is 0 Å². The lowest BCUT2D eigenvalue weighted by atomic mass is 9.92. The third kappa shape index (κ3) is 1.15. The summed E-state index contributed by atoms with van der Waals surface area (Å²) in [4.78, 5) is 0. The topological polar surface area (TPSA) is 80.9 Å². The van der Waals surface area contributed by atoms with E-state index in [4.69, 9.17) is 0 Å². The number of benzene rings is 4. The molecule has 4 aromatic carbocycles. The van der Waals surface area contributed by atoms with Crippen LogP contribution < -0.4 is 0 Å². The Morgan fingerprint density at radius 1 is 0.450 bits per heavy atom. The van der Waals surface area contributed by atoms with Crippen LogP contribution >= 0.6 is 0 Å². The summed E-state index contributed by atoms with van der Waals surface area (Å²) in [6, 6.07) is 9.35. The first-order chi connectivity index (χ1) is 9.58. The van der Waals surface area contributed by atoms with Gasteiger partial charge in [-0.25, -0.2) is 0 Å². The van der Waals surface area contributed by atoms with Crippen molar-refractivity contribution in [2.75, 3.05) is 0 Å². The number of phenolic OH excluding ortho intramolecular Hbond substituents is 4. The maximum Gasteiger partial charge on any atom is 0.127 e. The summed E-state index contributed by atoms with van der Waals surface area (Å²) >= 11 is 0. The van der Waals surface area contributed by atoms with Crippen molar-refractivity contribution in [2.45, 2.75) is 0 Å². The van der Waals surface area contributed by atoms with Gasteiger partial charge in [-0.3, -0.25) is 0 Å². The maximum absolute atomic E-state index is 9.98. The Hall–Kier alpha value is -2.88. The molecule has 0 aliphatic carbocycles. The maximum atomic E-state index is 9.98. The molecule has 0 aromatic heterocycles. The summed E-state index contributed by atoms with van der Waals surface area (Å²) in [5.41, 5.74) is 0. The second kappa shape index (κ2) is 3.36. The molecular weight excluding hydrogens is 256 g/mol. The van der Waals surface area contributed by atoms with Gasteiger partial charge in [0.15, 0.2) is 0 Å². The van der Waals surface area contributed by atoms with E-state index in [0.717, 1.165) is 0 Å². The number of rotatable bonds is 0. The van der Waals surface area contributed by atoms with Crippen LogP contribution in [0.1, 0.15) is 0 Å². The number of aromatic hydroxyl groups is 4. The molecule has 98 valence electrons. The highest BCUT2D eigenvalue weighted by Gasteiger charge is 2.17. The molecule has 4 heteroatoms. The average Bonchev–Trinajstić information content (AvgIpc) is 2.42. The Bertz CT molecular complexity index is 835. The Morgan fingerprint density at radius 2 is 0.700 bits per heavy atom. The number of hydrogen-bond acceptors (Lipinski definition) is 4. The van der Waals surface area contributed by atoms with Crippen molar-refractivity contribution in [1.82, 2.24) is 0 Å². The number of hydrogen-bond donors (Lipinski definition) is 4. The lowest BCUT2D eigenvalue weighted by Crippen LogP contribution is -1.86. The van der Waals surface area contributed by atoms with Crippen molar-refractivity contribution >= 4 is 32.3 Å². The largest absolute Gasteiger partial charge is 0.507 e. The predicted molar refractivity (Wildman–Crippen MR) is 76.8 cm³/mol. The Labute approximate surface area is 113 Å². The van der Waals surface area contributed by atoms with Crippen molar-refractivity contribution in [3.05, 3.63) is 36.4 Å². The monoisotopic (exact) mass is 266 g/mol. The molecule has 0 atom stereocenters. The molecule has 0 amide bonds. The van der Waals surface area contributed by atoms with Crippen LogP contribution in [-0.2, 0) is 0 Å². The third-order valence-electron chi connectivity index (χ3n) is 3.81. The van der Waals surface area contributed by atoms with Gasteiger partial charge in [0.05, 0.1) is 0 Å².